The molecule has 0 radical (unpaired) electrons. The maximum Gasteiger partial charge on any atom is 0.247 e. The van der Waals surface area contributed by atoms with Gasteiger partial charge in [0, 0.05) is 35.7 Å². The van der Waals surface area contributed by atoms with Crippen LogP contribution >= 0.6 is 0 Å². The molecule has 1 aromatic carbocycles. The summed E-state index contributed by atoms with van der Waals surface area (Å²) in [5.74, 6) is 1.48. The molecule has 0 bridgehead atoms. The first-order valence-electron chi connectivity index (χ1n) is 8.66. The normalized spacial score (nSPS) is 27.5. The van der Waals surface area contributed by atoms with Gasteiger partial charge in [0.05, 0.1) is 7.11 Å². The summed E-state index contributed by atoms with van der Waals surface area (Å²) >= 11 is 0. The number of rotatable bonds is 3. The predicted octanol–water partition coefficient (Wildman–Crippen LogP) is 0.938. The van der Waals surface area contributed by atoms with Crippen LogP contribution in [0.3, 0.4) is 0 Å². The third kappa shape index (κ3) is 2.65. The number of piperidine rings is 1. The predicted molar refractivity (Wildman–Crippen MR) is 91.2 cm³/mol. The van der Waals surface area contributed by atoms with Crippen LogP contribution in [0.15, 0.2) is 36.0 Å². The number of methoxy groups -OCH3 is 1. The minimum atomic E-state index is -0.0660. The van der Waals surface area contributed by atoms with Crippen molar-refractivity contribution in [2.75, 3.05) is 26.7 Å². The Morgan fingerprint density at radius 3 is 2.79 bits per heavy atom. The summed E-state index contributed by atoms with van der Waals surface area (Å²) in [4.78, 5) is 12.3. The smallest absolute Gasteiger partial charge is 0.247 e. The minimum Gasteiger partial charge on any atom is -0.496 e. The molecule has 3 N–H and O–H groups in total. The lowest BCUT2D eigenvalue weighted by molar-refractivity contribution is -0.119. The molecular weight excluding hydrogens is 304 g/mol. The highest BCUT2D eigenvalue weighted by atomic mass is 16.5. The number of ether oxygens (including phenoxy) is 1. The van der Waals surface area contributed by atoms with Crippen molar-refractivity contribution in [2.24, 2.45) is 5.92 Å². The van der Waals surface area contributed by atoms with Gasteiger partial charge in [-0.2, -0.15) is 0 Å². The molecule has 3 aliphatic heterocycles. The molecule has 2 saturated heterocycles. The van der Waals surface area contributed by atoms with Crippen molar-refractivity contribution in [1.29, 1.82) is 0 Å². The molecule has 4 rings (SSSR count). The Morgan fingerprint density at radius 1 is 1.21 bits per heavy atom. The van der Waals surface area contributed by atoms with E-state index >= 15 is 0 Å². The van der Waals surface area contributed by atoms with Crippen molar-refractivity contribution in [3.05, 3.63) is 41.6 Å². The monoisotopic (exact) mass is 328 g/mol. The molecule has 24 heavy (non-hydrogen) atoms. The molecular formula is C18H24N4O2. The first kappa shape index (κ1) is 15.5. The highest BCUT2D eigenvalue weighted by Crippen LogP contribution is 2.37. The van der Waals surface area contributed by atoms with Crippen LogP contribution in [0.1, 0.15) is 24.3 Å². The molecule has 1 aromatic rings. The zero-order valence-electron chi connectivity index (χ0n) is 13.9. The second-order valence-corrected chi connectivity index (χ2v) is 6.63. The number of allylic oxidation sites excluding steroid dienone is 1. The number of nitrogens with zero attached hydrogens (tertiary/aromatic N) is 1. The Hall–Kier alpha value is -2.05. The number of carbonyl (C=O) groups is 1. The number of para-hydroxylation sites is 1. The summed E-state index contributed by atoms with van der Waals surface area (Å²) in [6.07, 6.45) is 3.85. The van der Waals surface area contributed by atoms with E-state index in [1.165, 1.54) is 0 Å². The number of amides is 1. The zero-order valence-corrected chi connectivity index (χ0v) is 13.9. The van der Waals surface area contributed by atoms with E-state index in [4.69, 9.17) is 4.74 Å². The van der Waals surface area contributed by atoms with Crippen LogP contribution in [0.25, 0.3) is 0 Å². The van der Waals surface area contributed by atoms with Gasteiger partial charge in [0.15, 0.2) is 0 Å². The Morgan fingerprint density at radius 2 is 2.00 bits per heavy atom. The summed E-state index contributed by atoms with van der Waals surface area (Å²) in [5.41, 5.74) is 5.76. The van der Waals surface area contributed by atoms with Gasteiger partial charge in [0.25, 0.3) is 0 Å². The largest absolute Gasteiger partial charge is 0.496 e. The molecule has 3 heterocycles. The van der Waals surface area contributed by atoms with E-state index in [0.717, 1.165) is 49.5 Å². The summed E-state index contributed by atoms with van der Waals surface area (Å²) in [7, 11) is 1.69. The van der Waals surface area contributed by atoms with Crippen LogP contribution in [0, 0.1) is 5.92 Å². The van der Waals surface area contributed by atoms with E-state index in [-0.39, 0.29) is 18.0 Å². The van der Waals surface area contributed by atoms with Crippen LogP contribution in [0.5, 0.6) is 5.75 Å². The van der Waals surface area contributed by atoms with E-state index in [1.54, 1.807) is 13.2 Å². The van der Waals surface area contributed by atoms with Crippen molar-refractivity contribution in [1.82, 2.24) is 21.1 Å². The van der Waals surface area contributed by atoms with E-state index in [9.17, 15) is 4.79 Å². The molecule has 0 saturated carbocycles. The zero-order chi connectivity index (χ0) is 16.5. The van der Waals surface area contributed by atoms with Crippen LogP contribution < -0.4 is 20.8 Å². The number of carbonyl (C=O) groups excluding carboxylic acids is 1. The molecule has 2 atom stereocenters. The topological polar surface area (TPSA) is 65.6 Å². The third-order valence-electron chi connectivity index (χ3n) is 5.28. The molecule has 0 aliphatic carbocycles. The fraction of sp³-hybridized carbons (Fsp3) is 0.500. The molecule has 0 aromatic heterocycles. The lowest BCUT2D eigenvalue weighted by atomic mass is 9.90. The quantitative estimate of drug-likeness (QED) is 0.771. The van der Waals surface area contributed by atoms with Gasteiger partial charge >= 0.3 is 0 Å². The fourth-order valence-corrected chi connectivity index (χ4v) is 4.08. The molecule has 6 heteroatoms. The molecule has 6 nitrogen and oxygen atoms in total. The summed E-state index contributed by atoms with van der Waals surface area (Å²) in [6, 6.07) is 8.06. The first-order valence-corrected chi connectivity index (χ1v) is 8.66. The van der Waals surface area contributed by atoms with E-state index in [2.05, 4.69) is 27.1 Å². The molecule has 0 spiro atoms. The first-order chi connectivity index (χ1) is 11.8. The standard InChI is InChI=1S/C18H24N4O2/c1-24-16-5-3-2-4-13(16)14-11-20-22-15(10-17(23)21-18(14)22)12-6-8-19-9-7-12/h2-5,10,12,14,18-20H,6-9,11H2,1H3,(H,21,23). The van der Waals surface area contributed by atoms with Crippen LogP contribution in [0.4, 0.5) is 0 Å². The fourth-order valence-electron chi connectivity index (χ4n) is 4.08. The highest BCUT2D eigenvalue weighted by molar-refractivity contribution is 5.89. The molecule has 128 valence electrons. The lowest BCUT2D eigenvalue weighted by Crippen LogP contribution is -2.53. The maximum atomic E-state index is 12.3. The van der Waals surface area contributed by atoms with Gasteiger partial charge < -0.3 is 15.4 Å². The molecule has 3 aliphatic rings. The van der Waals surface area contributed by atoms with Gasteiger partial charge in [-0.1, -0.05) is 18.2 Å². The van der Waals surface area contributed by atoms with Gasteiger partial charge in [-0.3, -0.25) is 9.80 Å². The summed E-state index contributed by atoms with van der Waals surface area (Å²) < 4.78 is 5.53. The van der Waals surface area contributed by atoms with Crippen LogP contribution in [-0.4, -0.2) is 43.8 Å². The second kappa shape index (κ2) is 6.45. The summed E-state index contributed by atoms with van der Waals surface area (Å²) in [6.45, 7) is 2.81. The van der Waals surface area contributed by atoms with Gasteiger partial charge in [-0.05, 0) is 32.0 Å². The van der Waals surface area contributed by atoms with Crippen molar-refractivity contribution < 1.29 is 9.53 Å². The highest BCUT2D eigenvalue weighted by Gasteiger charge is 2.42. The Labute approximate surface area is 142 Å². The van der Waals surface area contributed by atoms with E-state index < -0.39 is 0 Å². The van der Waals surface area contributed by atoms with Crippen molar-refractivity contribution >= 4 is 5.91 Å². The van der Waals surface area contributed by atoms with Gasteiger partial charge in [0.1, 0.15) is 11.9 Å². The molecule has 1 amide bonds. The molecule has 2 fully saturated rings. The number of hydrogen-bond acceptors (Lipinski definition) is 5. The second-order valence-electron chi connectivity index (χ2n) is 6.63. The van der Waals surface area contributed by atoms with E-state index in [1.807, 2.05) is 18.2 Å². The average Bonchev–Trinajstić information content (AvgIpc) is 3.05. The van der Waals surface area contributed by atoms with Crippen molar-refractivity contribution in [3.8, 4) is 5.75 Å². The number of fused-ring (bicyclic) bond motifs is 1. The summed E-state index contributed by atoms with van der Waals surface area (Å²) in [5, 5.41) is 8.69. The van der Waals surface area contributed by atoms with Crippen molar-refractivity contribution in [2.45, 2.75) is 24.9 Å². The van der Waals surface area contributed by atoms with Crippen LogP contribution in [-0.2, 0) is 4.79 Å². The minimum absolute atomic E-state index is 0.00776. The van der Waals surface area contributed by atoms with Crippen molar-refractivity contribution in [3.63, 3.8) is 0 Å². The van der Waals surface area contributed by atoms with Crippen LogP contribution in [0.2, 0.25) is 0 Å². The maximum absolute atomic E-state index is 12.3. The van der Waals surface area contributed by atoms with Gasteiger partial charge in [-0.25, -0.2) is 5.43 Å². The third-order valence-corrected chi connectivity index (χ3v) is 5.28. The Bertz CT molecular complexity index is 654. The Balaban J connectivity index is 1.63. The number of benzene rings is 1. The molecule has 2 unspecified atom stereocenters. The average molecular weight is 328 g/mol. The number of nitrogens with one attached hydrogen (secondary N) is 3. The Kier molecular flexibility index (Phi) is 4.16. The van der Waals surface area contributed by atoms with E-state index in [0.29, 0.717) is 5.92 Å². The number of hydrogen-bond donors (Lipinski definition) is 3. The number of hydrazine groups is 1. The lowest BCUT2D eigenvalue weighted by Gasteiger charge is -2.39. The van der Waals surface area contributed by atoms with Gasteiger partial charge in [0.2, 0.25) is 5.91 Å². The van der Waals surface area contributed by atoms with Gasteiger partial charge in [-0.15, -0.1) is 0 Å². The SMILES string of the molecule is COc1ccccc1C1CNN2C(C3CCNCC3)=CC(=O)NC12.